The highest BCUT2D eigenvalue weighted by molar-refractivity contribution is 8.18. The van der Waals surface area contributed by atoms with Gasteiger partial charge in [0.25, 0.3) is 11.1 Å². The van der Waals surface area contributed by atoms with Gasteiger partial charge in [-0.3, -0.25) is 19.3 Å². The van der Waals surface area contributed by atoms with Crippen molar-refractivity contribution in [1.29, 1.82) is 0 Å². The van der Waals surface area contributed by atoms with E-state index < -0.39 is 23.7 Å². The normalized spacial score (nSPS) is 14.8. The van der Waals surface area contributed by atoms with E-state index in [2.05, 4.69) is 0 Å². The van der Waals surface area contributed by atoms with Gasteiger partial charge in [-0.15, -0.1) is 0 Å². The first-order valence-electron chi connectivity index (χ1n) is 10.2. The Kier molecular flexibility index (Phi) is 8.41. The number of nitrogens with zero attached hydrogens (tertiary/aromatic N) is 1. The molecule has 0 bridgehead atoms. The second-order valence-electron chi connectivity index (χ2n) is 7.64. The first kappa shape index (κ1) is 24.7. The fourth-order valence-corrected chi connectivity index (χ4v) is 3.86. The average Bonchev–Trinajstić information content (AvgIpc) is 3.05. The molecule has 0 unspecified atom stereocenters. The quantitative estimate of drug-likeness (QED) is 0.355. The molecule has 7 nitrogen and oxygen atoms in total. The monoisotopic (exact) mass is 489 g/mol. The summed E-state index contributed by atoms with van der Waals surface area (Å²) in [6.45, 7) is 3.85. The number of halogens is 1. The first-order valence-corrected chi connectivity index (χ1v) is 11.4. The van der Waals surface area contributed by atoms with Gasteiger partial charge in [0.1, 0.15) is 13.2 Å². The zero-order chi connectivity index (χ0) is 24.0. The highest BCUT2D eigenvalue weighted by Gasteiger charge is 2.37. The fraction of sp³-hybridized carbons (Fsp3) is 0.292. The first-order chi connectivity index (χ1) is 15.8. The molecule has 2 amide bonds. The van der Waals surface area contributed by atoms with Crippen LogP contribution in [0.4, 0.5) is 4.79 Å². The second kappa shape index (κ2) is 11.2. The predicted octanol–water partition coefficient (Wildman–Crippen LogP) is 5.16. The Morgan fingerprint density at radius 3 is 2.55 bits per heavy atom. The van der Waals surface area contributed by atoms with Crippen LogP contribution in [0.1, 0.15) is 25.0 Å². The molecule has 2 aromatic carbocycles. The molecule has 0 spiro atoms. The minimum Gasteiger partial charge on any atom is -0.493 e. The molecule has 0 N–H and O–H groups in total. The molecule has 1 aliphatic heterocycles. The summed E-state index contributed by atoms with van der Waals surface area (Å²) in [6, 6.07) is 12.5. The SMILES string of the molecule is COc1cccc(/C=C2/SC(=O)N(CC(=O)OCC(C)C)C2=O)c1OCc1ccc(Cl)cc1. The number of methoxy groups -OCH3 is 1. The maximum atomic E-state index is 12.8. The summed E-state index contributed by atoms with van der Waals surface area (Å²) in [4.78, 5) is 38.2. The predicted molar refractivity (Wildman–Crippen MR) is 127 cm³/mol. The smallest absolute Gasteiger partial charge is 0.326 e. The van der Waals surface area contributed by atoms with Gasteiger partial charge in [-0.25, -0.2) is 0 Å². The molecular weight excluding hydrogens is 466 g/mol. The zero-order valence-electron chi connectivity index (χ0n) is 18.5. The Labute approximate surface area is 201 Å². The summed E-state index contributed by atoms with van der Waals surface area (Å²) in [5, 5.41) is 0.0971. The molecule has 0 atom stereocenters. The minimum absolute atomic E-state index is 0.156. The van der Waals surface area contributed by atoms with E-state index in [1.54, 1.807) is 36.4 Å². The van der Waals surface area contributed by atoms with Crippen molar-refractivity contribution in [2.75, 3.05) is 20.3 Å². The molecule has 1 heterocycles. The van der Waals surface area contributed by atoms with Crippen molar-refractivity contribution in [1.82, 2.24) is 4.90 Å². The fourth-order valence-electron chi connectivity index (χ4n) is 2.91. The number of hydrogen-bond acceptors (Lipinski definition) is 7. The number of benzene rings is 2. The van der Waals surface area contributed by atoms with Crippen LogP contribution < -0.4 is 9.47 Å². The summed E-state index contributed by atoms with van der Waals surface area (Å²) in [5.74, 6) is -0.117. The lowest BCUT2D eigenvalue weighted by atomic mass is 10.1. The van der Waals surface area contributed by atoms with E-state index in [0.29, 0.717) is 22.1 Å². The van der Waals surface area contributed by atoms with Crippen molar-refractivity contribution in [3.05, 3.63) is 63.5 Å². The van der Waals surface area contributed by atoms with Crippen LogP contribution in [0, 0.1) is 5.92 Å². The molecule has 9 heteroatoms. The van der Waals surface area contributed by atoms with E-state index in [1.165, 1.54) is 7.11 Å². The molecule has 0 radical (unpaired) electrons. The number of amides is 2. The van der Waals surface area contributed by atoms with Crippen molar-refractivity contribution in [3.8, 4) is 11.5 Å². The van der Waals surface area contributed by atoms with Gasteiger partial charge in [0, 0.05) is 10.6 Å². The Morgan fingerprint density at radius 1 is 1.15 bits per heavy atom. The van der Waals surface area contributed by atoms with Crippen LogP contribution in [-0.4, -0.2) is 42.3 Å². The lowest BCUT2D eigenvalue weighted by molar-refractivity contribution is -0.147. The van der Waals surface area contributed by atoms with Crippen molar-refractivity contribution < 1.29 is 28.6 Å². The van der Waals surface area contributed by atoms with Gasteiger partial charge in [0.05, 0.1) is 18.6 Å². The van der Waals surface area contributed by atoms with Gasteiger partial charge in [-0.2, -0.15) is 0 Å². The summed E-state index contributed by atoms with van der Waals surface area (Å²) >= 11 is 6.69. The number of carbonyl (C=O) groups excluding carboxylic acids is 3. The molecule has 0 aliphatic carbocycles. The van der Waals surface area contributed by atoms with Gasteiger partial charge in [-0.05, 0) is 47.5 Å². The van der Waals surface area contributed by atoms with E-state index >= 15 is 0 Å². The molecule has 0 aromatic heterocycles. The van der Waals surface area contributed by atoms with Crippen LogP contribution in [0.15, 0.2) is 47.4 Å². The Hall–Kier alpha value is -2.97. The van der Waals surface area contributed by atoms with Crippen LogP contribution in [0.3, 0.4) is 0 Å². The minimum atomic E-state index is -0.624. The van der Waals surface area contributed by atoms with E-state index in [1.807, 2.05) is 26.0 Å². The second-order valence-corrected chi connectivity index (χ2v) is 9.07. The third-order valence-corrected chi connectivity index (χ3v) is 5.71. The molecule has 1 saturated heterocycles. The molecule has 174 valence electrons. The molecule has 3 rings (SSSR count). The zero-order valence-corrected chi connectivity index (χ0v) is 20.1. The lowest BCUT2D eigenvalue weighted by Gasteiger charge is -2.14. The van der Waals surface area contributed by atoms with Gasteiger partial charge in [-0.1, -0.05) is 49.7 Å². The van der Waals surface area contributed by atoms with Crippen LogP contribution in [-0.2, 0) is 20.9 Å². The highest BCUT2D eigenvalue weighted by atomic mass is 35.5. The number of imide groups is 1. The van der Waals surface area contributed by atoms with Gasteiger partial charge >= 0.3 is 5.97 Å². The van der Waals surface area contributed by atoms with Gasteiger partial charge < -0.3 is 14.2 Å². The molecule has 2 aromatic rings. The largest absolute Gasteiger partial charge is 0.493 e. The standard InChI is InChI=1S/C24H24ClNO6S/c1-15(2)13-31-21(27)12-26-23(28)20(33-24(26)29)11-17-5-4-6-19(30-3)22(17)32-14-16-7-9-18(25)10-8-16/h4-11,15H,12-14H2,1-3H3/b20-11+. The van der Waals surface area contributed by atoms with E-state index in [0.717, 1.165) is 22.2 Å². The van der Waals surface area contributed by atoms with Crippen molar-refractivity contribution >= 4 is 46.6 Å². The maximum absolute atomic E-state index is 12.8. The summed E-state index contributed by atoms with van der Waals surface area (Å²) in [5.41, 5.74) is 1.47. The lowest BCUT2D eigenvalue weighted by Crippen LogP contribution is -2.34. The Bertz CT molecular complexity index is 1070. The number of para-hydroxylation sites is 1. The third kappa shape index (κ3) is 6.52. The van der Waals surface area contributed by atoms with Crippen molar-refractivity contribution in [2.45, 2.75) is 20.5 Å². The van der Waals surface area contributed by atoms with Crippen LogP contribution in [0.25, 0.3) is 6.08 Å². The van der Waals surface area contributed by atoms with E-state index in [4.69, 9.17) is 25.8 Å². The van der Waals surface area contributed by atoms with Crippen LogP contribution >= 0.6 is 23.4 Å². The van der Waals surface area contributed by atoms with Crippen LogP contribution in [0.2, 0.25) is 5.02 Å². The van der Waals surface area contributed by atoms with E-state index in [-0.39, 0.29) is 24.0 Å². The van der Waals surface area contributed by atoms with E-state index in [9.17, 15) is 14.4 Å². The average molecular weight is 490 g/mol. The van der Waals surface area contributed by atoms with Crippen LogP contribution in [0.5, 0.6) is 11.5 Å². The van der Waals surface area contributed by atoms with Crippen molar-refractivity contribution in [2.24, 2.45) is 5.92 Å². The van der Waals surface area contributed by atoms with Gasteiger partial charge in [0.15, 0.2) is 11.5 Å². The number of ether oxygens (including phenoxy) is 3. The molecular formula is C24H24ClNO6S. The molecule has 1 fully saturated rings. The molecule has 33 heavy (non-hydrogen) atoms. The highest BCUT2D eigenvalue weighted by Crippen LogP contribution is 2.37. The molecule has 0 saturated carbocycles. The van der Waals surface area contributed by atoms with Gasteiger partial charge in [0.2, 0.25) is 0 Å². The summed E-state index contributed by atoms with van der Waals surface area (Å²) in [7, 11) is 1.52. The maximum Gasteiger partial charge on any atom is 0.326 e. The third-order valence-electron chi connectivity index (χ3n) is 4.55. The number of carbonyl (C=O) groups is 3. The number of rotatable bonds is 9. The molecule has 1 aliphatic rings. The topological polar surface area (TPSA) is 82.1 Å². The number of hydrogen-bond donors (Lipinski definition) is 0. The Balaban J connectivity index is 1.79. The number of thioether (sulfide) groups is 1. The summed E-state index contributed by atoms with van der Waals surface area (Å²) in [6.07, 6.45) is 1.56. The number of esters is 1. The Morgan fingerprint density at radius 2 is 1.88 bits per heavy atom. The summed E-state index contributed by atoms with van der Waals surface area (Å²) < 4.78 is 16.5. The van der Waals surface area contributed by atoms with Crippen molar-refractivity contribution in [3.63, 3.8) is 0 Å².